The van der Waals surface area contributed by atoms with Gasteiger partial charge in [0.15, 0.2) is 0 Å². The normalized spacial score (nSPS) is 9.25. The summed E-state index contributed by atoms with van der Waals surface area (Å²) in [5.41, 5.74) is 0. The second-order valence-electron chi connectivity index (χ2n) is 2.58. The van der Waals surface area contributed by atoms with Gasteiger partial charge >= 0.3 is 0 Å². The first-order chi connectivity index (χ1) is 5.57. The first-order valence-corrected chi connectivity index (χ1v) is 4.07. The zero-order chi connectivity index (χ0) is 9.56. The van der Waals surface area contributed by atoms with E-state index in [4.69, 9.17) is 0 Å². The molecule has 0 aromatic carbocycles. The minimum Gasteiger partial charge on any atom is -0.355 e. The average Bonchev–Trinajstić information content (AvgIpc) is 1.96. The van der Waals surface area contributed by atoms with Gasteiger partial charge in [-0.2, -0.15) is 0 Å². The van der Waals surface area contributed by atoms with Gasteiger partial charge in [-0.25, -0.2) is 0 Å². The predicted molar refractivity (Wildman–Crippen MR) is 46.6 cm³/mol. The molecule has 0 rings (SSSR count). The zero-order valence-corrected chi connectivity index (χ0v) is 7.89. The molecule has 0 fully saturated rings. The Kier molecular flexibility index (Phi) is 5.08. The summed E-state index contributed by atoms with van der Waals surface area (Å²) >= 11 is 0. The second-order valence-corrected chi connectivity index (χ2v) is 2.58. The van der Waals surface area contributed by atoms with E-state index in [0.717, 1.165) is 0 Å². The van der Waals surface area contributed by atoms with Crippen molar-refractivity contribution < 1.29 is 9.59 Å². The van der Waals surface area contributed by atoms with E-state index in [1.807, 2.05) is 6.92 Å². The van der Waals surface area contributed by atoms with Gasteiger partial charge in [0.05, 0.1) is 0 Å². The van der Waals surface area contributed by atoms with Crippen LogP contribution in [0, 0.1) is 0 Å². The highest BCUT2D eigenvalue weighted by Gasteiger charge is 2.04. The van der Waals surface area contributed by atoms with Gasteiger partial charge in [-0.15, -0.1) is 0 Å². The van der Waals surface area contributed by atoms with Crippen molar-refractivity contribution in [2.75, 3.05) is 19.6 Å². The van der Waals surface area contributed by atoms with Gasteiger partial charge in [0, 0.05) is 33.5 Å². The fourth-order valence-electron chi connectivity index (χ4n) is 0.905. The van der Waals surface area contributed by atoms with Crippen molar-refractivity contribution in [2.24, 2.45) is 0 Å². The number of carbonyl (C=O) groups excluding carboxylic acids is 2. The Balaban J connectivity index is 3.59. The molecule has 0 spiro atoms. The molecule has 4 nitrogen and oxygen atoms in total. The lowest BCUT2D eigenvalue weighted by Gasteiger charge is -2.18. The molecule has 0 aliphatic carbocycles. The number of amides is 2. The lowest BCUT2D eigenvalue weighted by molar-refractivity contribution is -0.129. The summed E-state index contributed by atoms with van der Waals surface area (Å²) in [4.78, 5) is 23.0. The molecule has 0 bridgehead atoms. The molecule has 0 unspecified atom stereocenters. The summed E-state index contributed by atoms with van der Waals surface area (Å²) in [6, 6.07) is 0. The molecular weight excluding hydrogens is 156 g/mol. The molecule has 0 atom stereocenters. The van der Waals surface area contributed by atoms with Crippen LogP contribution >= 0.6 is 0 Å². The first kappa shape index (κ1) is 10.9. The lowest BCUT2D eigenvalue weighted by atomic mass is 10.4. The summed E-state index contributed by atoms with van der Waals surface area (Å²) in [6.07, 6.45) is 0. The maximum Gasteiger partial charge on any atom is 0.219 e. The minimum atomic E-state index is -0.0606. The van der Waals surface area contributed by atoms with Crippen LogP contribution < -0.4 is 5.32 Å². The quantitative estimate of drug-likeness (QED) is 0.648. The van der Waals surface area contributed by atoms with E-state index in [1.54, 1.807) is 4.90 Å². The highest BCUT2D eigenvalue weighted by Crippen LogP contribution is 1.86. The van der Waals surface area contributed by atoms with Gasteiger partial charge in [-0.05, 0) is 6.92 Å². The molecular formula is C8H16N2O2. The van der Waals surface area contributed by atoms with Gasteiger partial charge in [-0.3, -0.25) is 9.59 Å². The third kappa shape index (κ3) is 4.71. The molecule has 0 aliphatic rings. The van der Waals surface area contributed by atoms with Crippen LogP contribution in [-0.4, -0.2) is 36.3 Å². The van der Waals surface area contributed by atoms with Crippen LogP contribution in [0.15, 0.2) is 0 Å². The van der Waals surface area contributed by atoms with Crippen LogP contribution in [0.25, 0.3) is 0 Å². The summed E-state index contributed by atoms with van der Waals surface area (Å²) in [7, 11) is 0. The van der Waals surface area contributed by atoms with Crippen LogP contribution in [0.5, 0.6) is 0 Å². The number of rotatable bonds is 4. The van der Waals surface area contributed by atoms with Crippen molar-refractivity contribution in [3.05, 3.63) is 0 Å². The highest BCUT2D eigenvalue weighted by molar-refractivity contribution is 5.74. The first-order valence-electron chi connectivity index (χ1n) is 4.07. The maximum atomic E-state index is 10.9. The van der Waals surface area contributed by atoms with E-state index in [2.05, 4.69) is 5.32 Å². The summed E-state index contributed by atoms with van der Waals surface area (Å²) in [6.45, 7) is 6.71. The third-order valence-electron chi connectivity index (χ3n) is 1.58. The fraction of sp³-hybridized carbons (Fsp3) is 0.750. The van der Waals surface area contributed by atoms with Crippen LogP contribution in [0.1, 0.15) is 20.8 Å². The van der Waals surface area contributed by atoms with Crippen molar-refractivity contribution in [1.82, 2.24) is 10.2 Å². The highest BCUT2D eigenvalue weighted by atomic mass is 16.2. The van der Waals surface area contributed by atoms with Gasteiger partial charge < -0.3 is 10.2 Å². The van der Waals surface area contributed by atoms with E-state index in [-0.39, 0.29) is 11.8 Å². The molecule has 0 aliphatic heterocycles. The molecule has 4 heteroatoms. The Bertz CT molecular complexity index is 168. The molecule has 1 N–H and O–H groups in total. The van der Waals surface area contributed by atoms with E-state index in [9.17, 15) is 9.59 Å². The van der Waals surface area contributed by atoms with E-state index >= 15 is 0 Å². The van der Waals surface area contributed by atoms with Crippen molar-refractivity contribution in [2.45, 2.75) is 20.8 Å². The van der Waals surface area contributed by atoms with Crippen molar-refractivity contribution in [3.63, 3.8) is 0 Å². The summed E-state index contributed by atoms with van der Waals surface area (Å²) in [5.74, 6) is -0.0162. The van der Waals surface area contributed by atoms with Gasteiger partial charge in [0.25, 0.3) is 0 Å². The maximum absolute atomic E-state index is 10.9. The molecule has 0 saturated carbocycles. The Morgan fingerprint density at radius 3 is 2.25 bits per heavy atom. The largest absolute Gasteiger partial charge is 0.355 e. The number of hydrogen-bond acceptors (Lipinski definition) is 2. The number of nitrogens with one attached hydrogen (secondary N) is 1. The molecule has 0 aromatic rings. The van der Waals surface area contributed by atoms with Gasteiger partial charge in [-0.1, -0.05) is 0 Å². The number of nitrogens with zero attached hydrogens (tertiary/aromatic N) is 1. The number of likely N-dealkylation sites (N-methyl/N-ethyl adjacent to an activating group) is 1. The van der Waals surface area contributed by atoms with E-state index < -0.39 is 0 Å². The van der Waals surface area contributed by atoms with E-state index in [1.165, 1.54) is 13.8 Å². The standard InChI is InChI=1S/C8H16N2O2/c1-4-10(8(3)12)6-5-9-7(2)11/h4-6H2,1-3H3,(H,9,11). The van der Waals surface area contributed by atoms with Crippen molar-refractivity contribution in [1.29, 1.82) is 0 Å². The minimum absolute atomic E-state index is 0.0443. The van der Waals surface area contributed by atoms with Gasteiger partial charge in [0.1, 0.15) is 0 Å². The second kappa shape index (κ2) is 5.57. The fourth-order valence-corrected chi connectivity index (χ4v) is 0.905. The number of hydrogen-bond donors (Lipinski definition) is 1. The van der Waals surface area contributed by atoms with Crippen molar-refractivity contribution >= 4 is 11.8 Å². The average molecular weight is 172 g/mol. The number of carbonyl (C=O) groups is 2. The molecule has 2 amide bonds. The van der Waals surface area contributed by atoms with Crippen LogP contribution in [-0.2, 0) is 9.59 Å². The summed E-state index contributed by atoms with van der Waals surface area (Å²) in [5, 5.41) is 2.63. The zero-order valence-electron chi connectivity index (χ0n) is 7.89. The third-order valence-corrected chi connectivity index (χ3v) is 1.58. The summed E-state index contributed by atoms with van der Waals surface area (Å²) < 4.78 is 0. The van der Waals surface area contributed by atoms with Crippen LogP contribution in [0.3, 0.4) is 0 Å². The Morgan fingerprint density at radius 1 is 1.33 bits per heavy atom. The van der Waals surface area contributed by atoms with Crippen molar-refractivity contribution in [3.8, 4) is 0 Å². The predicted octanol–water partition coefficient (Wildman–Crippen LogP) is -0.00910. The topological polar surface area (TPSA) is 49.4 Å². The lowest BCUT2D eigenvalue weighted by Crippen LogP contribution is -2.36. The molecule has 0 radical (unpaired) electrons. The molecule has 0 saturated heterocycles. The van der Waals surface area contributed by atoms with Crippen LogP contribution in [0.4, 0.5) is 0 Å². The monoisotopic (exact) mass is 172 g/mol. The van der Waals surface area contributed by atoms with E-state index in [0.29, 0.717) is 19.6 Å². The molecule has 0 aromatic heterocycles. The Morgan fingerprint density at radius 2 is 1.92 bits per heavy atom. The van der Waals surface area contributed by atoms with Gasteiger partial charge in [0.2, 0.25) is 11.8 Å². The molecule has 70 valence electrons. The molecule has 12 heavy (non-hydrogen) atoms. The Hall–Kier alpha value is -1.06. The van der Waals surface area contributed by atoms with Crippen LogP contribution in [0.2, 0.25) is 0 Å². The smallest absolute Gasteiger partial charge is 0.219 e. The SMILES string of the molecule is CCN(CCNC(C)=O)C(C)=O. The molecule has 0 heterocycles. The Labute approximate surface area is 72.9 Å².